The standard InChI is InChI=1S/C15H17N5O2/c21-15(14-16-5-3-6-17-14)20-10-11-8-18-13(19-9-11)12-4-1-2-7-22-12/h3,5-6,8-9,12H,1-2,4,7,10H2,(H,20,21). The van der Waals surface area contributed by atoms with E-state index in [4.69, 9.17) is 4.74 Å². The molecule has 0 radical (unpaired) electrons. The number of rotatable bonds is 4. The number of nitrogens with zero attached hydrogens (tertiary/aromatic N) is 4. The molecule has 1 fully saturated rings. The largest absolute Gasteiger partial charge is 0.370 e. The lowest BCUT2D eigenvalue weighted by Gasteiger charge is -2.21. The van der Waals surface area contributed by atoms with Gasteiger partial charge in [-0.3, -0.25) is 4.79 Å². The van der Waals surface area contributed by atoms with Crippen molar-refractivity contribution in [3.05, 3.63) is 48.1 Å². The summed E-state index contributed by atoms with van der Waals surface area (Å²) < 4.78 is 5.65. The number of nitrogens with one attached hydrogen (secondary N) is 1. The third-order valence-corrected chi connectivity index (χ3v) is 3.41. The van der Waals surface area contributed by atoms with E-state index in [9.17, 15) is 4.79 Å². The van der Waals surface area contributed by atoms with Gasteiger partial charge in [-0.05, 0) is 25.3 Å². The van der Waals surface area contributed by atoms with Crippen LogP contribution in [0.25, 0.3) is 0 Å². The van der Waals surface area contributed by atoms with E-state index in [-0.39, 0.29) is 17.8 Å². The maximum Gasteiger partial charge on any atom is 0.289 e. The molecule has 1 N–H and O–H groups in total. The molecule has 0 aromatic carbocycles. The maximum atomic E-state index is 11.8. The highest BCUT2D eigenvalue weighted by Gasteiger charge is 2.18. The molecule has 1 atom stereocenters. The Labute approximate surface area is 128 Å². The Bertz CT molecular complexity index is 612. The van der Waals surface area contributed by atoms with Crippen LogP contribution in [0.2, 0.25) is 0 Å². The number of carbonyl (C=O) groups excluding carboxylic acids is 1. The lowest BCUT2D eigenvalue weighted by Crippen LogP contribution is -2.25. The van der Waals surface area contributed by atoms with Gasteiger partial charge in [-0.1, -0.05) is 0 Å². The molecule has 1 aliphatic heterocycles. The zero-order valence-electron chi connectivity index (χ0n) is 12.1. The Balaban J connectivity index is 1.56. The first-order valence-electron chi connectivity index (χ1n) is 7.30. The predicted octanol–water partition coefficient (Wildman–Crippen LogP) is 1.44. The van der Waals surface area contributed by atoms with Crippen molar-refractivity contribution in [1.82, 2.24) is 25.3 Å². The molecule has 7 heteroatoms. The van der Waals surface area contributed by atoms with Crippen molar-refractivity contribution in [3.63, 3.8) is 0 Å². The topological polar surface area (TPSA) is 89.9 Å². The first kappa shape index (κ1) is 14.5. The molecule has 2 aromatic heterocycles. The minimum Gasteiger partial charge on any atom is -0.370 e. The number of hydrogen-bond donors (Lipinski definition) is 1. The Morgan fingerprint density at radius 3 is 2.64 bits per heavy atom. The van der Waals surface area contributed by atoms with E-state index in [1.807, 2.05) is 0 Å². The Kier molecular flexibility index (Phi) is 4.65. The number of amides is 1. The van der Waals surface area contributed by atoms with Crippen LogP contribution in [0.15, 0.2) is 30.9 Å². The summed E-state index contributed by atoms with van der Waals surface area (Å²) in [5, 5.41) is 2.74. The van der Waals surface area contributed by atoms with Crippen LogP contribution in [0, 0.1) is 0 Å². The van der Waals surface area contributed by atoms with Gasteiger partial charge in [-0.15, -0.1) is 0 Å². The van der Waals surface area contributed by atoms with Crippen LogP contribution < -0.4 is 5.32 Å². The summed E-state index contributed by atoms with van der Waals surface area (Å²) in [6.45, 7) is 1.10. The third kappa shape index (κ3) is 3.62. The molecular formula is C15H17N5O2. The molecule has 1 amide bonds. The Morgan fingerprint density at radius 1 is 1.18 bits per heavy atom. The number of carbonyl (C=O) groups is 1. The van der Waals surface area contributed by atoms with Gasteiger partial charge in [0.2, 0.25) is 5.82 Å². The van der Waals surface area contributed by atoms with Crippen LogP contribution in [0.4, 0.5) is 0 Å². The molecule has 3 heterocycles. The molecule has 0 saturated carbocycles. The van der Waals surface area contributed by atoms with Crippen LogP contribution >= 0.6 is 0 Å². The summed E-state index contributed by atoms with van der Waals surface area (Å²) in [4.78, 5) is 28.3. The summed E-state index contributed by atoms with van der Waals surface area (Å²) in [6, 6.07) is 1.66. The molecule has 0 aliphatic carbocycles. The van der Waals surface area contributed by atoms with Crippen LogP contribution in [0.5, 0.6) is 0 Å². The molecule has 114 valence electrons. The highest BCUT2D eigenvalue weighted by atomic mass is 16.5. The zero-order valence-corrected chi connectivity index (χ0v) is 12.1. The molecule has 1 unspecified atom stereocenters. The van der Waals surface area contributed by atoms with Crippen molar-refractivity contribution >= 4 is 5.91 Å². The van der Waals surface area contributed by atoms with Gasteiger partial charge in [-0.25, -0.2) is 19.9 Å². The molecule has 22 heavy (non-hydrogen) atoms. The van der Waals surface area contributed by atoms with Gasteiger partial charge < -0.3 is 10.1 Å². The average Bonchev–Trinajstić information content (AvgIpc) is 2.61. The number of hydrogen-bond acceptors (Lipinski definition) is 6. The Hall–Kier alpha value is -2.41. The number of ether oxygens (including phenoxy) is 1. The van der Waals surface area contributed by atoms with Gasteiger partial charge >= 0.3 is 0 Å². The minimum absolute atomic E-state index is 0.00453. The predicted molar refractivity (Wildman–Crippen MR) is 77.8 cm³/mol. The second-order valence-electron chi connectivity index (χ2n) is 5.06. The van der Waals surface area contributed by atoms with Crippen molar-refractivity contribution in [2.24, 2.45) is 0 Å². The van der Waals surface area contributed by atoms with Crippen molar-refractivity contribution < 1.29 is 9.53 Å². The molecule has 1 aliphatic rings. The van der Waals surface area contributed by atoms with Crippen LogP contribution in [0.1, 0.15) is 47.4 Å². The average molecular weight is 299 g/mol. The van der Waals surface area contributed by atoms with Gasteiger partial charge in [0, 0.05) is 43.5 Å². The minimum atomic E-state index is -0.319. The highest BCUT2D eigenvalue weighted by Crippen LogP contribution is 2.24. The molecule has 2 aromatic rings. The quantitative estimate of drug-likeness (QED) is 0.918. The fraction of sp³-hybridized carbons (Fsp3) is 0.400. The number of aromatic nitrogens is 4. The Morgan fingerprint density at radius 2 is 1.95 bits per heavy atom. The third-order valence-electron chi connectivity index (χ3n) is 3.41. The summed E-state index contributed by atoms with van der Waals surface area (Å²) in [5.41, 5.74) is 0.823. The first-order chi connectivity index (χ1) is 10.8. The molecule has 1 saturated heterocycles. The highest BCUT2D eigenvalue weighted by molar-refractivity contribution is 5.90. The second-order valence-corrected chi connectivity index (χ2v) is 5.06. The van der Waals surface area contributed by atoms with Gasteiger partial charge in [0.25, 0.3) is 5.91 Å². The lowest BCUT2D eigenvalue weighted by molar-refractivity contribution is 0.00940. The molecule has 0 bridgehead atoms. The van der Waals surface area contributed by atoms with Crippen LogP contribution in [-0.2, 0) is 11.3 Å². The summed E-state index contributed by atoms with van der Waals surface area (Å²) in [7, 11) is 0. The van der Waals surface area contributed by atoms with Crippen molar-refractivity contribution in [1.29, 1.82) is 0 Å². The summed E-state index contributed by atoms with van der Waals surface area (Å²) in [5.74, 6) is 0.539. The maximum absolute atomic E-state index is 11.8. The second kappa shape index (κ2) is 7.04. The first-order valence-corrected chi connectivity index (χ1v) is 7.30. The van der Waals surface area contributed by atoms with Gasteiger partial charge in [0.05, 0.1) is 0 Å². The molecular weight excluding hydrogens is 282 g/mol. The zero-order chi connectivity index (χ0) is 15.2. The van der Waals surface area contributed by atoms with E-state index in [1.165, 1.54) is 12.4 Å². The van der Waals surface area contributed by atoms with E-state index < -0.39 is 0 Å². The fourth-order valence-electron chi connectivity index (χ4n) is 2.24. The van der Waals surface area contributed by atoms with Gasteiger partial charge in [0.15, 0.2) is 5.82 Å². The fourth-order valence-corrected chi connectivity index (χ4v) is 2.24. The van der Waals surface area contributed by atoms with Crippen LogP contribution in [-0.4, -0.2) is 32.4 Å². The van der Waals surface area contributed by atoms with Crippen molar-refractivity contribution in [3.8, 4) is 0 Å². The van der Waals surface area contributed by atoms with Crippen molar-refractivity contribution in [2.75, 3.05) is 6.61 Å². The van der Waals surface area contributed by atoms with E-state index in [2.05, 4.69) is 25.3 Å². The van der Waals surface area contributed by atoms with E-state index in [1.54, 1.807) is 18.5 Å². The SMILES string of the molecule is O=C(NCc1cnc(C2CCCCO2)nc1)c1ncccn1. The summed E-state index contributed by atoms with van der Waals surface area (Å²) in [6.07, 6.45) is 9.69. The monoisotopic (exact) mass is 299 g/mol. The molecule has 7 nitrogen and oxygen atoms in total. The van der Waals surface area contributed by atoms with Crippen molar-refractivity contribution in [2.45, 2.75) is 31.9 Å². The molecule has 0 spiro atoms. The normalized spacial score (nSPS) is 17.9. The van der Waals surface area contributed by atoms with Crippen LogP contribution in [0.3, 0.4) is 0 Å². The van der Waals surface area contributed by atoms with E-state index in [0.717, 1.165) is 31.4 Å². The smallest absolute Gasteiger partial charge is 0.289 e. The van der Waals surface area contributed by atoms with E-state index >= 15 is 0 Å². The summed E-state index contributed by atoms with van der Waals surface area (Å²) >= 11 is 0. The van der Waals surface area contributed by atoms with E-state index in [0.29, 0.717) is 12.4 Å². The lowest BCUT2D eigenvalue weighted by atomic mass is 10.1. The van der Waals surface area contributed by atoms with Gasteiger partial charge in [0.1, 0.15) is 6.10 Å². The van der Waals surface area contributed by atoms with Gasteiger partial charge in [-0.2, -0.15) is 0 Å². The molecule has 3 rings (SSSR count).